The number of nitrogens with one attached hydrogen (secondary N) is 1. The number of halogens is 1. The number of H-pyrrole nitrogens is 1. The van der Waals surface area contributed by atoms with Gasteiger partial charge in [0.2, 0.25) is 0 Å². The SMILES string of the molecule is O=[N+]([O-])c1c[nH]c(-c2ccc(Cl)cc2)c1. The van der Waals surface area contributed by atoms with Crippen LogP contribution in [0.3, 0.4) is 0 Å². The maximum absolute atomic E-state index is 10.5. The zero-order valence-electron chi connectivity index (χ0n) is 7.61. The Morgan fingerprint density at radius 1 is 1.27 bits per heavy atom. The van der Waals surface area contributed by atoms with E-state index in [4.69, 9.17) is 11.6 Å². The van der Waals surface area contributed by atoms with Crippen molar-refractivity contribution in [1.29, 1.82) is 0 Å². The molecule has 1 heterocycles. The number of benzene rings is 1. The fraction of sp³-hybridized carbons (Fsp3) is 0. The van der Waals surface area contributed by atoms with E-state index in [1.165, 1.54) is 12.3 Å². The van der Waals surface area contributed by atoms with Crippen LogP contribution in [0.5, 0.6) is 0 Å². The van der Waals surface area contributed by atoms with Crippen LogP contribution in [0, 0.1) is 10.1 Å². The van der Waals surface area contributed by atoms with Crippen LogP contribution in [0.2, 0.25) is 5.02 Å². The first-order chi connectivity index (χ1) is 7.16. The Labute approximate surface area is 90.7 Å². The lowest BCUT2D eigenvalue weighted by Gasteiger charge is -1.96. The molecule has 76 valence electrons. The highest BCUT2D eigenvalue weighted by Gasteiger charge is 2.09. The van der Waals surface area contributed by atoms with Gasteiger partial charge in [-0.05, 0) is 17.7 Å². The van der Waals surface area contributed by atoms with Crippen molar-refractivity contribution in [3.05, 3.63) is 51.7 Å². The zero-order valence-corrected chi connectivity index (χ0v) is 8.36. The second-order valence-corrected chi connectivity index (χ2v) is 3.47. The summed E-state index contributed by atoms with van der Waals surface area (Å²) in [6, 6.07) is 8.58. The molecule has 4 nitrogen and oxygen atoms in total. The maximum atomic E-state index is 10.5. The monoisotopic (exact) mass is 222 g/mol. The molecule has 1 aromatic heterocycles. The molecule has 0 bridgehead atoms. The summed E-state index contributed by atoms with van der Waals surface area (Å²) in [5, 5.41) is 11.1. The highest BCUT2D eigenvalue weighted by atomic mass is 35.5. The van der Waals surface area contributed by atoms with Crippen molar-refractivity contribution in [3.8, 4) is 11.3 Å². The van der Waals surface area contributed by atoms with Gasteiger partial charge in [-0.1, -0.05) is 23.7 Å². The number of nitrogens with zero attached hydrogens (tertiary/aromatic N) is 1. The zero-order chi connectivity index (χ0) is 10.8. The lowest BCUT2D eigenvalue weighted by Crippen LogP contribution is -1.82. The fourth-order valence-corrected chi connectivity index (χ4v) is 1.41. The number of rotatable bonds is 2. The average molecular weight is 223 g/mol. The summed E-state index contributed by atoms with van der Waals surface area (Å²) in [6.45, 7) is 0. The van der Waals surface area contributed by atoms with Gasteiger partial charge in [-0.3, -0.25) is 10.1 Å². The van der Waals surface area contributed by atoms with Gasteiger partial charge in [0.1, 0.15) is 0 Å². The normalized spacial score (nSPS) is 10.2. The molecule has 0 radical (unpaired) electrons. The number of nitro groups is 1. The van der Waals surface area contributed by atoms with Crippen LogP contribution < -0.4 is 0 Å². The van der Waals surface area contributed by atoms with Crippen molar-refractivity contribution in [2.45, 2.75) is 0 Å². The summed E-state index contributed by atoms with van der Waals surface area (Å²) in [7, 11) is 0. The highest BCUT2D eigenvalue weighted by molar-refractivity contribution is 6.30. The molecule has 0 unspecified atom stereocenters. The second-order valence-electron chi connectivity index (χ2n) is 3.04. The number of aromatic amines is 1. The Bertz CT molecular complexity index is 490. The third-order valence-corrected chi connectivity index (χ3v) is 2.29. The largest absolute Gasteiger partial charge is 0.355 e. The van der Waals surface area contributed by atoms with Crippen molar-refractivity contribution in [3.63, 3.8) is 0 Å². The minimum Gasteiger partial charge on any atom is -0.355 e. The summed E-state index contributed by atoms with van der Waals surface area (Å²) in [4.78, 5) is 12.9. The first-order valence-corrected chi connectivity index (χ1v) is 4.63. The molecule has 0 fully saturated rings. The van der Waals surface area contributed by atoms with Crippen LogP contribution in [0.15, 0.2) is 36.5 Å². The standard InChI is InChI=1S/C10H7ClN2O2/c11-8-3-1-7(2-4-8)10-5-9(6-12-10)13(14)15/h1-6,12H. The molecule has 1 N–H and O–H groups in total. The molecule has 0 atom stereocenters. The van der Waals surface area contributed by atoms with Crippen LogP contribution in [-0.2, 0) is 0 Å². The summed E-state index contributed by atoms with van der Waals surface area (Å²) in [5.41, 5.74) is 1.63. The highest BCUT2D eigenvalue weighted by Crippen LogP contribution is 2.23. The molecule has 0 aliphatic carbocycles. The van der Waals surface area contributed by atoms with Crippen LogP contribution in [0.1, 0.15) is 0 Å². The third-order valence-electron chi connectivity index (χ3n) is 2.03. The molecule has 5 heteroatoms. The lowest BCUT2D eigenvalue weighted by atomic mass is 10.1. The molecule has 0 spiro atoms. The van der Waals surface area contributed by atoms with Crippen LogP contribution in [0.4, 0.5) is 5.69 Å². The van der Waals surface area contributed by atoms with Gasteiger partial charge in [-0.15, -0.1) is 0 Å². The Morgan fingerprint density at radius 3 is 2.47 bits per heavy atom. The predicted octanol–water partition coefficient (Wildman–Crippen LogP) is 3.24. The first kappa shape index (κ1) is 9.73. The summed E-state index contributed by atoms with van der Waals surface area (Å²) < 4.78 is 0. The van der Waals surface area contributed by atoms with Crippen molar-refractivity contribution < 1.29 is 4.92 Å². The van der Waals surface area contributed by atoms with Gasteiger partial charge in [0, 0.05) is 11.1 Å². The van der Waals surface area contributed by atoms with Gasteiger partial charge < -0.3 is 4.98 Å². The molecular formula is C10H7ClN2O2. The van der Waals surface area contributed by atoms with E-state index in [1.54, 1.807) is 24.3 Å². The minimum absolute atomic E-state index is 0.0555. The Morgan fingerprint density at radius 2 is 1.93 bits per heavy atom. The van der Waals surface area contributed by atoms with Gasteiger partial charge in [0.25, 0.3) is 5.69 Å². The third kappa shape index (κ3) is 1.99. The van der Waals surface area contributed by atoms with E-state index in [0.29, 0.717) is 10.7 Å². The van der Waals surface area contributed by atoms with Gasteiger partial charge in [-0.25, -0.2) is 0 Å². The second kappa shape index (κ2) is 3.74. The van der Waals surface area contributed by atoms with E-state index >= 15 is 0 Å². The van der Waals surface area contributed by atoms with E-state index in [1.807, 2.05) is 0 Å². The molecular weight excluding hydrogens is 216 g/mol. The van der Waals surface area contributed by atoms with Crippen molar-refractivity contribution in [2.75, 3.05) is 0 Å². The molecule has 0 aliphatic rings. The first-order valence-electron chi connectivity index (χ1n) is 4.25. The molecule has 0 saturated carbocycles. The quantitative estimate of drug-likeness (QED) is 0.626. The topological polar surface area (TPSA) is 58.9 Å². The van der Waals surface area contributed by atoms with Crippen molar-refractivity contribution >= 4 is 17.3 Å². The van der Waals surface area contributed by atoms with E-state index < -0.39 is 4.92 Å². The molecule has 0 amide bonds. The fourth-order valence-electron chi connectivity index (χ4n) is 1.28. The summed E-state index contributed by atoms with van der Waals surface area (Å²) in [6.07, 6.45) is 1.37. The number of hydrogen-bond donors (Lipinski definition) is 1. The van der Waals surface area contributed by atoms with E-state index in [2.05, 4.69) is 4.98 Å². The molecule has 2 aromatic rings. The van der Waals surface area contributed by atoms with E-state index in [-0.39, 0.29) is 5.69 Å². The van der Waals surface area contributed by atoms with Gasteiger partial charge >= 0.3 is 0 Å². The number of hydrogen-bond acceptors (Lipinski definition) is 2. The molecule has 0 aliphatic heterocycles. The van der Waals surface area contributed by atoms with Gasteiger partial charge in [0.15, 0.2) is 0 Å². The van der Waals surface area contributed by atoms with Crippen LogP contribution in [-0.4, -0.2) is 9.91 Å². The molecule has 2 rings (SSSR count). The summed E-state index contributed by atoms with van der Waals surface area (Å²) in [5.74, 6) is 0. The summed E-state index contributed by atoms with van der Waals surface area (Å²) >= 11 is 5.74. The van der Waals surface area contributed by atoms with Crippen molar-refractivity contribution in [1.82, 2.24) is 4.98 Å². The van der Waals surface area contributed by atoms with Crippen molar-refractivity contribution in [2.24, 2.45) is 0 Å². The Balaban J connectivity index is 2.37. The minimum atomic E-state index is -0.435. The van der Waals surface area contributed by atoms with Gasteiger partial charge in [-0.2, -0.15) is 0 Å². The van der Waals surface area contributed by atoms with Gasteiger partial charge in [0.05, 0.1) is 16.8 Å². The molecule has 15 heavy (non-hydrogen) atoms. The smallest absolute Gasteiger partial charge is 0.287 e. The van der Waals surface area contributed by atoms with E-state index in [0.717, 1.165) is 5.56 Å². The predicted molar refractivity (Wildman–Crippen MR) is 57.9 cm³/mol. The average Bonchev–Trinajstić information content (AvgIpc) is 2.68. The maximum Gasteiger partial charge on any atom is 0.287 e. The number of aromatic nitrogens is 1. The Hall–Kier alpha value is -1.81. The van der Waals surface area contributed by atoms with Crippen LogP contribution >= 0.6 is 11.6 Å². The molecule has 1 aromatic carbocycles. The lowest BCUT2D eigenvalue weighted by molar-refractivity contribution is -0.384. The molecule has 0 saturated heterocycles. The Kier molecular flexibility index (Phi) is 2.43. The van der Waals surface area contributed by atoms with E-state index in [9.17, 15) is 10.1 Å². The van der Waals surface area contributed by atoms with Crippen LogP contribution in [0.25, 0.3) is 11.3 Å².